The molecule has 1 aliphatic heterocycles. The van der Waals surface area contributed by atoms with Gasteiger partial charge in [-0.3, -0.25) is 4.79 Å². The van der Waals surface area contributed by atoms with Crippen LogP contribution in [0.1, 0.15) is 38.3 Å². The van der Waals surface area contributed by atoms with E-state index in [-0.39, 0.29) is 40.9 Å². The van der Waals surface area contributed by atoms with Gasteiger partial charge in [0, 0.05) is 4.88 Å². The fraction of sp³-hybridized carbons (Fsp3) is 0.333. The van der Waals surface area contributed by atoms with Gasteiger partial charge in [-0.05, 0) is 47.0 Å². The Morgan fingerprint density at radius 2 is 2.16 bits per heavy atom. The summed E-state index contributed by atoms with van der Waals surface area (Å²) in [5, 5.41) is 2.91. The maximum absolute atomic E-state index is 12.3. The number of hydrogen-bond donors (Lipinski definition) is 1. The van der Waals surface area contributed by atoms with Gasteiger partial charge < -0.3 is 14.5 Å². The number of carbonyl (C=O) groups is 2. The Labute approximate surface area is 156 Å². The first-order valence-corrected chi connectivity index (χ1v) is 10.8. The lowest BCUT2D eigenvalue weighted by molar-refractivity contribution is 0.0527. The molecule has 2 aromatic heterocycles. The Bertz CT molecular complexity index is 943. The molecule has 1 aliphatic rings. The topological polar surface area (TPSA) is 103 Å². The van der Waals surface area contributed by atoms with Crippen LogP contribution >= 0.6 is 27.3 Å². The highest BCUT2D eigenvalue weighted by Crippen LogP contribution is 2.38. The molecule has 0 aromatic carbocycles. The van der Waals surface area contributed by atoms with Crippen molar-refractivity contribution in [2.45, 2.75) is 19.1 Å². The number of rotatable bonds is 4. The van der Waals surface area contributed by atoms with Gasteiger partial charge in [-0.25, -0.2) is 13.2 Å². The van der Waals surface area contributed by atoms with Crippen LogP contribution in [0.4, 0.5) is 5.00 Å². The van der Waals surface area contributed by atoms with Gasteiger partial charge >= 0.3 is 5.97 Å². The number of thiophene rings is 1. The maximum atomic E-state index is 12.3. The number of ether oxygens (including phenoxy) is 1. The van der Waals surface area contributed by atoms with Crippen LogP contribution in [0.5, 0.6) is 0 Å². The number of nitrogens with one attached hydrogen (secondary N) is 1. The molecule has 0 saturated carbocycles. The van der Waals surface area contributed by atoms with E-state index < -0.39 is 21.7 Å². The lowest BCUT2D eigenvalue weighted by Crippen LogP contribution is -2.20. The lowest BCUT2D eigenvalue weighted by atomic mass is 10.1. The third kappa shape index (κ3) is 3.80. The van der Waals surface area contributed by atoms with Crippen LogP contribution in [0.15, 0.2) is 21.2 Å². The third-order valence-corrected chi connectivity index (χ3v) is 6.92. The second-order valence-electron chi connectivity index (χ2n) is 5.33. The molecule has 0 bridgehead atoms. The second kappa shape index (κ2) is 6.93. The van der Waals surface area contributed by atoms with Crippen molar-refractivity contribution in [2.24, 2.45) is 0 Å². The van der Waals surface area contributed by atoms with Crippen molar-refractivity contribution in [1.82, 2.24) is 0 Å². The molecule has 1 amide bonds. The molecule has 7 nitrogen and oxygen atoms in total. The van der Waals surface area contributed by atoms with E-state index in [0.29, 0.717) is 15.1 Å². The first-order chi connectivity index (χ1) is 11.8. The Kier molecular flexibility index (Phi) is 5.03. The van der Waals surface area contributed by atoms with Crippen LogP contribution < -0.4 is 5.32 Å². The molecule has 0 atom stereocenters. The molecule has 0 aliphatic carbocycles. The number of esters is 1. The van der Waals surface area contributed by atoms with Crippen LogP contribution in [0, 0.1) is 0 Å². The third-order valence-electron chi connectivity index (χ3n) is 3.61. The van der Waals surface area contributed by atoms with E-state index in [1.165, 1.54) is 6.07 Å². The van der Waals surface area contributed by atoms with Crippen molar-refractivity contribution in [3.05, 3.63) is 38.6 Å². The molecular formula is C15H14BrNO6S2. The molecule has 3 rings (SSSR count). The van der Waals surface area contributed by atoms with Gasteiger partial charge in [0.25, 0.3) is 5.91 Å². The van der Waals surface area contributed by atoms with Gasteiger partial charge in [0.2, 0.25) is 0 Å². The number of carbonyl (C=O) groups excluding carboxylic acids is 2. The SMILES string of the molecule is CCOC(=O)c1c(NC(=O)c2ccc(Br)o2)sc2c1CCS(=O)(=O)C2. The number of halogens is 1. The van der Waals surface area contributed by atoms with Crippen LogP contribution in [-0.4, -0.2) is 32.7 Å². The molecule has 0 spiro atoms. The summed E-state index contributed by atoms with van der Waals surface area (Å²) in [5.74, 6) is -1.20. The van der Waals surface area contributed by atoms with E-state index in [4.69, 9.17) is 9.15 Å². The first-order valence-electron chi connectivity index (χ1n) is 7.39. The maximum Gasteiger partial charge on any atom is 0.341 e. The molecule has 0 radical (unpaired) electrons. The molecule has 134 valence electrons. The van der Waals surface area contributed by atoms with E-state index in [1.54, 1.807) is 13.0 Å². The fourth-order valence-electron chi connectivity index (χ4n) is 2.53. The van der Waals surface area contributed by atoms with Crippen LogP contribution in [0.25, 0.3) is 0 Å². The molecule has 3 heterocycles. The summed E-state index contributed by atoms with van der Waals surface area (Å²) in [4.78, 5) is 25.2. The highest BCUT2D eigenvalue weighted by molar-refractivity contribution is 9.10. The molecule has 2 aromatic rings. The van der Waals surface area contributed by atoms with Crippen molar-refractivity contribution in [3.63, 3.8) is 0 Å². The predicted octanol–water partition coefficient (Wildman–Crippen LogP) is 3.00. The second-order valence-corrected chi connectivity index (χ2v) is 9.40. The summed E-state index contributed by atoms with van der Waals surface area (Å²) in [6.07, 6.45) is 0.227. The van der Waals surface area contributed by atoms with Crippen molar-refractivity contribution >= 4 is 54.0 Å². The van der Waals surface area contributed by atoms with Crippen molar-refractivity contribution in [2.75, 3.05) is 17.7 Å². The Hall–Kier alpha value is -1.65. The van der Waals surface area contributed by atoms with E-state index >= 15 is 0 Å². The predicted molar refractivity (Wildman–Crippen MR) is 95.8 cm³/mol. The number of furan rings is 1. The number of fused-ring (bicyclic) bond motifs is 1. The van der Waals surface area contributed by atoms with Gasteiger partial charge in [-0.2, -0.15) is 0 Å². The van der Waals surface area contributed by atoms with E-state index in [2.05, 4.69) is 21.2 Å². The largest absolute Gasteiger partial charge is 0.462 e. The zero-order valence-corrected chi connectivity index (χ0v) is 16.3. The summed E-state index contributed by atoms with van der Waals surface area (Å²) >= 11 is 4.20. The minimum Gasteiger partial charge on any atom is -0.462 e. The first kappa shape index (κ1) is 18.2. The molecule has 10 heteroatoms. The standard InChI is InChI=1S/C15H14BrNO6S2/c1-2-22-15(19)12-8-5-6-25(20,21)7-10(8)24-14(12)17-13(18)9-3-4-11(16)23-9/h3-4H,2,5-7H2,1H3,(H,17,18). The minimum absolute atomic E-state index is 0.0261. The van der Waals surface area contributed by atoms with Gasteiger partial charge in [0.05, 0.1) is 23.7 Å². The van der Waals surface area contributed by atoms with Crippen molar-refractivity contribution in [3.8, 4) is 0 Å². The number of anilines is 1. The highest BCUT2D eigenvalue weighted by Gasteiger charge is 2.32. The van der Waals surface area contributed by atoms with E-state index in [1.807, 2.05) is 0 Å². The summed E-state index contributed by atoms with van der Waals surface area (Å²) in [7, 11) is -3.19. The molecular weight excluding hydrogens is 434 g/mol. The summed E-state index contributed by atoms with van der Waals surface area (Å²) in [6, 6.07) is 3.06. The van der Waals surface area contributed by atoms with E-state index in [9.17, 15) is 18.0 Å². The average Bonchev–Trinajstić information content (AvgIpc) is 3.09. The van der Waals surface area contributed by atoms with Crippen LogP contribution in [0.2, 0.25) is 0 Å². The molecule has 25 heavy (non-hydrogen) atoms. The Balaban J connectivity index is 1.98. The zero-order chi connectivity index (χ0) is 18.2. The number of hydrogen-bond acceptors (Lipinski definition) is 7. The van der Waals surface area contributed by atoms with Crippen molar-refractivity contribution in [1.29, 1.82) is 0 Å². The lowest BCUT2D eigenvalue weighted by Gasteiger charge is -2.13. The normalized spacial score (nSPS) is 15.4. The Morgan fingerprint density at radius 1 is 1.40 bits per heavy atom. The summed E-state index contributed by atoms with van der Waals surface area (Å²) in [5.41, 5.74) is 0.866. The molecule has 0 unspecified atom stereocenters. The van der Waals surface area contributed by atoms with Gasteiger partial charge in [-0.1, -0.05) is 0 Å². The molecule has 0 saturated heterocycles. The van der Waals surface area contributed by atoms with Gasteiger partial charge in [-0.15, -0.1) is 11.3 Å². The van der Waals surface area contributed by atoms with E-state index in [0.717, 1.165) is 11.3 Å². The fourth-order valence-corrected chi connectivity index (χ4v) is 5.87. The zero-order valence-electron chi connectivity index (χ0n) is 13.1. The molecule has 0 fully saturated rings. The van der Waals surface area contributed by atoms with Gasteiger partial charge in [0.1, 0.15) is 5.00 Å². The minimum atomic E-state index is -3.19. The molecule has 1 N–H and O–H groups in total. The smallest absolute Gasteiger partial charge is 0.341 e. The highest BCUT2D eigenvalue weighted by atomic mass is 79.9. The number of sulfone groups is 1. The number of amides is 1. The van der Waals surface area contributed by atoms with Crippen molar-refractivity contribution < 1.29 is 27.2 Å². The van der Waals surface area contributed by atoms with Gasteiger partial charge in [0.15, 0.2) is 20.3 Å². The summed E-state index contributed by atoms with van der Waals surface area (Å²) < 4.78 is 34.4. The monoisotopic (exact) mass is 447 g/mol. The Morgan fingerprint density at radius 3 is 2.80 bits per heavy atom. The average molecular weight is 448 g/mol. The summed E-state index contributed by atoms with van der Waals surface area (Å²) in [6.45, 7) is 1.86. The van der Waals surface area contributed by atoms with Crippen LogP contribution in [0.3, 0.4) is 0 Å². The van der Waals surface area contributed by atoms with Crippen LogP contribution in [-0.2, 0) is 26.7 Å². The quantitative estimate of drug-likeness (QED) is 0.722.